The molecule has 1 aromatic rings. The maximum Gasteiger partial charge on any atom is 0.0359 e. The highest BCUT2D eigenvalue weighted by atomic mass is 15.3. The molecular formula is C18H26N2. The highest BCUT2D eigenvalue weighted by molar-refractivity contribution is 5.38. The standard InChI is InChI=1S/C18H26N2/c1-12-4-5-13-6-7-17(15(13)8-12)20-11-14-9-19-10-16(14)18(20,2)3/h4-5,8,14,16-17,19H,6-7,9-11H2,1-3H3. The molecule has 0 amide bonds. The number of nitrogens with one attached hydrogen (secondary N) is 1. The molecule has 2 saturated heterocycles. The summed E-state index contributed by atoms with van der Waals surface area (Å²) >= 11 is 0. The number of rotatable bonds is 1. The quantitative estimate of drug-likeness (QED) is 0.844. The van der Waals surface area contributed by atoms with Gasteiger partial charge in [0.25, 0.3) is 0 Å². The number of benzene rings is 1. The minimum atomic E-state index is 0.337. The largest absolute Gasteiger partial charge is 0.316 e. The van der Waals surface area contributed by atoms with Crippen LogP contribution in [0.2, 0.25) is 0 Å². The van der Waals surface area contributed by atoms with Crippen LogP contribution in [0.4, 0.5) is 0 Å². The summed E-state index contributed by atoms with van der Waals surface area (Å²) < 4.78 is 0. The first-order valence-corrected chi connectivity index (χ1v) is 8.14. The molecule has 2 heterocycles. The molecule has 3 unspecified atom stereocenters. The molecule has 0 radical (unpaired) electrons. The summed E-state index contributed by atoms with van der Waals surface area (Å²) in [4.78, 5) is 2.83. The Morgan fingerprint density at radius 1 is 1.25 bits per heavy atom. The van der Waals surface area contributed by atoms with Crippen LogP contribution >= 0.6 is 0 Å². The lowest BCUT2D eigenvalue weighted by atomic mass is 9.84. The highest BCUT2D eigenvalue weighted by Gasteiger charge is 2.52. The molecule has 2 heteroatoms. The second kappa shape index (κ2) is 4.32. The van der Waals surface area contributed by atoms with E-state index in [1.807, 2.05) is 0 Å². The van der Waals surface area contributed by atoms with Crippen LogP contribution in [-0.2, 0) is 6.42 Å². The third-order valence-electron chi connectivity index (χ3n) is 6.14. The van der Waals surface area contributed by atoms with Gasteiger partial charge in [-0.1, -0.05) is 23.8 Å². The van der Waals surface area contributed by atoms with Gasteiger partial charge in [-0.2, -0.15) is 0 Å². The Balaban J connectivity index is 1.69. The number of nitrogens with zero attached hydrogens (tertiary/aromatic N) is 1. The van der Waals surface area contributed by atoms with Gasteiger partial charge in [0, 0.05) is 24.7 Å². The Bertz CT molecular complexity index is 534. The van der Waals surface area contributed by atoms with E-state index in [0.29, 0.717) is 11.6 Å². The van der Waals surface area contributed by atoms with E-state index in [1.165, 1.54) is 38.0 Å². The zero-order valence-electron chi connectivity index (χ0n) is 12.9. The number of hydrogen-bond acceptors (Lipinski definition) is 2. The van der Waals surface area contributed by atoms with Crippen LogP contribution in [0, 0.1) is 18.8 Å². The van der Waals surface area contributed by atoms with Crippen molar-refractivity contribution in [1.82, 2.24) is 10.2 Å². The van der Waals surface area contributed by atoms with Gasteiger partial charge in [-0.15, -0.1) is 0 Å². The van der Waals surface area contributed by atoms with Gasteiger partial charge in [-0.05, 0) is 63.1 Å². The summed E-state index contributed by atoms with van der Waals surface area (Å²) in [6, 6.07) is 7.73. The summed E-state index contributed by atoms with van der Waals surface area (Å²) in [5, 5.41) is 3.59. The van der Waals surface area contributed by atoms with Crippen LogP contribution in [0.1, 0.15) is 43.0 Å². The van der Waals surface area contributed by atoms with Crippen molar-refractivity contribution >= 4 is 0 Å². The molecule has 0 spiro atoms. The number of hydrogen-bond donors (Lipinski definition) is 1. The van der Waals surface area contributed by atoms with Crippen molar-refractivity contribution in [3.63, 3.8) is 0 Å². The fourth-order valence-corrected chi connectivity index (χ4v) is 5.01. The molecule has 0 saturated carbocycles. The van der Waals surface area contributed by atoms with Crippen molar-refractivity contribution in [3.05, 3.63) is 34.9 Å². The normalized spacial score (nSPS) is 35.2. The van der Waals surface area contributed by atoms with Crippen LogP contribution in [-0.4, -0.2) is 30.1 Å². The van der Waals surface area contributed by atoms with Gasteiger partial charge in [0.05, 0.1) is 0 Å². The van der Waals surface area contributed by atoms with Crippen LogP contribution < -0.4 is 5.32 Å². The Morgan fingerprint density at radius 2 is 2.10 bits per heavy atom. The Labute approximate surface area is 122 Å². The molecule has 2 nitrogen and oxygen atoms in total. The first-order chi connectivity index (χ1) is 9.57. The van der Waals surface area contributed by atoms with E-state index in [9.17, 15) is 0 Å². The van der Waals surface area contributed by atoms with Crippen molar-refractivity contribution in [1.29, 1.82) is 0 Å². The summed E-state index contributed by atoms with van der Waals surface area (Å²) in [6.45, 7) is 10.9. The van der Waals surface area contributed by atoms with E-state index in [-0.39, 0.29) is 0 Å². The van der Waals surface area contributed by atoms with Crippen LogP contribution in [0.3, 0.4) is 0 Å². The zero-order chi connectivity index (χ0) is 13.9. The molecule has 20 heavy (non-hydrogen) atoms. The topological polar surface area (TPSA) is 15.3 Å². The van der Waals surface area contributed by atoms with Crippen molar-refractivity contribution in [2.75, 3.05) is 19.6 Å². The lowest BCUT2D eigenvalue weighted by molar-refractivity contribution is 0.0888. The molecular weight excluding hydrogens is 244 g/mol. The fourth-order valence-electron chi connectivity index (χ4n) is 5.01. The smallest absolute Gasteiger partial charge is 0.0359 e. The number of aryl methyl sites for hydroxylation is 2. The zero-order valence-corrected chi connectivity index (χ0v) is 12.9. The molecule has 1 aromatic carbocycles. The van der Waals surface area contributed by atoms with Crippen molar-refractivity contribution < 1.29 is 0 Å². The lowest BCUT2D eigenvalue weighted by Gasteiger charge is -2.40. The average molecular weight is 270 g/mol. The molecule has 2 aliphatic heterocycles. The first kappa shape index (κ1) is 12.8. The van der Waals surface area contributed by atoms with Gasteiger partial charge in [-0.25, -0.2) is 0 Å². The molecule has 108 valence electrons. The molecule has 0 aromatic heterocycles. The van der Waals surface area contributed by atoms with Gasteiger partial charge in [-0.3, -0.25) is 4.90 Å². The van der Waals surface area contributed by atoms with E-state index in [0.717, 1.165) is 11.8 Å². The molecule has 3 aliphatic rings. The number of fused-ring (bicyclic) bond motifs is 2. The monoisotopic (exact) mass is 270 g/mol. The maximum absolute atomic E-state index is 3.59. The minimum Gasteiger partial charge on any atom is -0.316 e. The van der Waals surface area contributed by atoms with Gasteiger partial charge < -0.3 is 5.32 Å². The van der Waals surface area contributed by atoms with Crippen LogP contribution in [0.15, 0.2) is 18.2 Å². The van der Waals surface area contributed by atoms with Crippen molar-refractivity contribution in [2.45, 2.75) is 45.2 Å². The van der Waals surface area contributed by atoms with E-state index in [2.05, 4.69) is 49.2 Å². The summed E-state index contributed by atoms with van der Waals surface area (Å²) in [5.74, 6) is 1.69. The lowest BCUT2D eigenvalue weighted by Crippen LogP contribution is -2.45. The molecule has 2 fully saturated rings. The molecule has 1 aliphatic carbocycles. The predicted molar refractivity (Wildman–Crippen MR) is 82.9 cm³/mol. The van der Waals surface area contributed by atoms with E-state index < -0.39 is 0 Å². The third-order valence-corrected chi connectivity index (χ3v) is 6.14. The Hall–Kier alpha value is -0.860. The molecule has 0 bridgehead atoms. The van der Waals surface area contributed by atoms with Crippen molar-refractivity contribution in [3.8, 4) is 0 Å². The predicted octanol–water partition coefficient (Wildman–Crippen LogP) is 2.91. The maximum atomic E-state index is 3.59. The van der Waals surface area contributed by atoms with E-state index >= 15 is 0 Å². The third kappa shape index (κ3) is 1.71. The fraction of sp³-hybridized carbons (Fsp3) is 0.667. The van der Waals surface area contributed by atoms with Crippen molar-refractivity contribution in [2.24, 2.45) is 11.8 Å². The van der Waals surface area contributed by atoms with Gasteiger partial charge >= 0.3 is 0 Å². The highest BCUT2D eigenvalue weighted by Crippen LogP contribution is 2.48. The summed E-state index contributed by atoms with van der Waals surface area (Å²) in [7, 11) is 0. The molecule has 1 N–H and O–H groups in total. The molecule has 4 rings (SSSR count). The van der Waals surface area contributed by atoms with Crippen LogP contribution in [0.5, 0.6) is 0 Å². The second-order valence-electron chi connectivity index (χ2n) is 7.59. The summed E-state index contributed by atoms with van der Waals surface area (Å²) in [5.41, 5.74) is 4.96. The Morgan fingerprint density at radius 3 is 2.90 bits per heavy atom. The second-order valence-corrected chi connectivity index (χ2v) is 7.59. The van der Waals surface area contributed by atoms with Gasteiger partial charge in [0.2, 0.25) is 0 Å². The first-order valence-electron chi connectivity index (χ1n) is 8.14. The van der Waals surface area contributed by atoms with E-state index in [1.54, 1.807) is 11.1 Å². The summed E-state index contributed by atoms with van der Waals surface area (Å²) in [6.07, 6.45) is 2.58. The van der Waals surface area contributed by atoms with E-state index in [4.69, 9.17) is 0 Å². The minimum absolute atomic E-state index is 0.337. The average Bonchev–Trinajstić information content (AvgIpc) is 3.05. The Kier molecular flexibility index (Phi) is 2.77. The number of likely N-dealkylation sites (tertiary alicyclic amines) is 1. The van der Waals surface area contributed by atoms with Crippen LogP contribution in [0.25, 0.3) is 0 Å². The van der Waals surface area contributed by atoms with Gasteiger partial charge in [0.15, 0.2) is 0 Å². The van der Waals surface area contributed by atoms with Gasteiger partial charge in [0.1, 0.15) is 0 Å². The molecule has 3 atom stereocenters. The SMILES string of the molecule is Cc1ccc2c(c1)C(N1CC3CNCC3C1(C)C)CC2.